The lowest BCUT2D eigenvalue weighted by atomic mass is 10.1. The predicted octanol–water partition coefficient (Wildman–Crippen LogP) is 3.41. The van der Waals surface area contributed by atoms with Gasteiger partial charge in [0, 0.05) is 23.2 Å². The second-order valence-corrected chi connectivity index (χ2v) is 5.71. The number of aromatic nitrogens is 2. The summed E-state index contributed by atoms with van der Waals surface area (Å²) in [5.74, 6) is 0.0757. The van der Waals surface area contributed by atoms with Crippen molar-refractivity contribution in [1.29, 1.82) is 0 Å². The summed E-state index contributed by atoms with van der Waals surface area (Å²) in [5, 5.41) is 8.47. The SMILES string of the molecule is Fc1ccc(Cl)cc1-c1ccc(OCCN2CCCC2)nn1. The Kier molecular flexibility index (Phi) is 4.85. The van der Waals surface area contributed by atoms with Gasteiger partial charge in [-0.2, -0.15) is 0 Å². The molecule has 0 bridgehead atoms. The van der Waals surface area contributed by atoms with Crippen LogP contribution >= 0.6 is 11.6 Å². The van der Waals surface area contributed by atoms with E-state index in [2.05, 4.69) is 15.1 Å². The van der Waals surface area contributed by atoms with E-state index in [1.54, 1.807) is 12.1 Å². The van der Waals surface area contributed by atoms with Gasteiger partial charge in [-0.25, -0.2) is 4.39 Å². The first-order valence-electron chi connectivity index (χ1n) is 7.37. The summed E-state index contributed by atoms with van der Waals surface area (Å²) in [6, 6.07) is 7.75. The van der Waals surface area contributed by atoms with E-state index in [9.17, 15) is 4.39 Å². The van der Waals surface area contributed by atoms with Crippen LogP contribution < -0.4 is 4.74 Å². The number of hydrogen-bond acceptors (Lipinski definition) is 4. The second kappa shape index (κ2) is 7.03. The molecule has 0 unspecified atom stereocenters. The largest absolute Gasteiger partial charge is 0.475 e. The van der Waals surface area contributed by atoms with Gasteiger partial charge >= 0.3 is 0 Å². The lowest BCUT2D eigenvalue weighted by Crippen LogP contribution is -2.25. The van der Waals surface area contributed by atoms with Gasteiger partial charge in [0.1, 0.15) is 12.4 Å². The van der Waals surface area contributed by atoms with Crippen molar-refractivity contribution < 1.29 is 9.13 Å². The van der Waals surface area contributed by atoms with Gasteiger partial charge < -0.3 is 4.74 Å². The van der Waals surface area contributed by atoms with E-state index >= 15 is 0 Å². The molecule has 116 valence electrons. The molecule has 0 radical (unpaired) electrons. The molecule has 0 atom stereocenters. The molecule has 6 heteroatoms. The summed E-state index contributed by atoms with van der Waals surface area (Å²) in [7, 11) is 0. The normalized spacial score (nSPS) is 15.2. The average Bonchev–Trinajstić information content (AvgIpc) is 3.04. The van der Waals surface area contributed by atoms with E-state index in [4.69, 9.17) is 16.3 Å². The third kappa shape index (κ3) is 3.72. The predicted molar refractivity (Wildman–Crippen MR) is 83.6 cm³/mol. The van der Waals surface area contributed by atoms with Gasteiger partial charge in [-0.1, -0.05) is 11.6 Å². The molecule has 2 aromatic rings. The van der Waals surface area contributed by atoms with Crippen LogP contribution in [0.15, 0.2) is 30.3 Å². The van der Waals surface area contributed by atoms with Gasteiger partial charge in [0.2, 0.25) is 5.88 Å². The molecule has 1 aromatic heterocycles. The Hall–Kier alpha value is -1.72. The molecule has 22 heavy (non-hydrogen) atoms. The highest BCUT2D eigenvalue weighted by molar-refractivity contribution is 6.30. The van der Waals surface area contributed by atoms with Crippen LogP contribution in [0.4, 0.5) is 4.39 Å². The monoisotopic (exact) mass is 321 g/mol. The van der Waals surface area contributed by atoms with E-state index < -0.39 is 0 Å². The molecular weight excluding hydrogens is 305 g/mol. The van der Waals surface area contributed by atoms with Gasteiger partial charge in [0.15, 0.2) is 0 Å². The molecule has 1 aromatic carbocycles. The molecular formula is C16H17ClFN3O. The van der Waals surface area contributed by atoms with Gasteiger partial charge in [-0.15, -0.1) is 10.2 Å². The summed E-state index contributed by atoms with van der Waals surface area (Å²) in [6.45, 7) is 3.76. The number of halogens is 2. The maximum Gasteiger partial charge on any atom is 0.233 e. The lowest BCUT2D eigenvalue weighted by molar-refractivity contribution is 0.230. The lowest BCUT2D eigenvalue weighted by Gasteiger charge is -2.14. The van der Waals surface area contributed by atoms with Crippen LogP contribution in [0.2, 0.25) is 5.02 Å². The van der Waals surface area contributed by atoms with Gasteiger partial charge in [-0.05, 0) is 50.2 Å². The number of ether oxygens (including phenoxy) is 1. The first-order chi connectivity index (χ1) is 10.7. The van der Waals surface area contributed by atoms with Crippen LogP contribution in [0, 0.1) is 5.82 Å². The van der Waals surface area contributed by atoms with Crippen molar-refractivity contribution in [2.24, 2.45) is 0 Å². The summed E-state index contributed by atoms with van der Waals surface area (Å²) < 4.78 is 19.3. The highest BCUT2D eigenvalue weighted by atomic mass is 35.5. The third-order valence-electron chi connectivity index (χ3n) is 3.70. The topological polar surface area (TPSA) is 38.2 Å². The zero-order chi connectivity index (χ0) is 15.4. The third-order valence-corrected chi connectivity index (χ3v) is 3.94. The van der Waals surface area contributed by atoms with Crippen molar-refractivity contribution in [3.63, 3.8) is 0 Å². The fourth-order valence-electron chi connectivity index (χ4n) is 2.52. The number of likely N-dealkylation sites (tertiary alicyclic amines) is 1. The fraction of sp³-hybridized carbons (Fsp3) is 0.375. The Labute approximate surface area is 133 Å². The molecule has 1 fully saturated rings. The van der Waals surface area contributed by atoms with Crippen LogP contribution in [0.5, 0.6) is 5.88 Å². The summed E-state index contributed by atoms with van der Waals surface area (Å²) in [5.41, 5.74) is 0.774. The Morgan fingerprint density at radius 3 is 2.68 bits per heavy atom. The van der Waals surface area contributed by atoms with Crippen molar-refractivity contribution in [3.8, 4) is 17.1 Å². The second-order valence-electron chi connectivity index (χ2n) is 5.28. The fourth-order valence-corrected chi connectivity index (χ4v) is 2.69. The summed E-state index contributed by atoms with van der Waals surface area (Å²) in [4.78, 5) is 2.36. The Bertz CT molecular complexity index is 630. The zero-order valence-electron chi connectivity index (χ0n) is 12.1. The Morgan fingerprint density at radius 1 is 1.14 bits per heavy atom. The van der Waals surface area contributed by atoms with Crippen LogP contribution in [0.1, 0.15) is 12.8 Å². The quantitative estimate of drug-likeness (QED) is 0.846. The molecule has 4 nitrogen and oxygen atoms in total. The minimum atomic E-state index is -0.374. The molecule has 1 aliphatic rings. The standard InChI is InChI=1S/C16H17ClFN3O/c17-12-3-4-14(18)13(11-12)15-5-6-16(20-19-15)22-10-9-21-7-1-2-8-21/h3-6,11H,1-2,7-10H2. The van der Waals surface area contributed by atoms with Crippen LogP contribution in [-0.4, -0.2) is 41.3 Å². The zero-order valence-corrected chi connectivity index (χ0v) is 12.9. The highest BCUT2D eigenvalue weighted by Crippen LogP contribution is 2.24. The van der Waals surface area contributed by atoms with Crippen LogP contribution in [0.25, 0.3) is 11.3 Å². The Balaban J connectivity index is 1.61. The van der Waals surface area contributed by atoms with Gasteiger partial charge in [0.25, 0.3) is 0 Å². The van der Waals surface area contributed by atoms with E-state index in [1.807, 2.05) is 0 Å². The maximum absolute atomic E-state index is 13.8. The van der Waals surface area contributed by atoms with Crippen LogP contribution in [-0.2, 0) is 0 Å². The molecule has 2 heterocycles. The van der Waals surface area contributed by atoms with Gasteiger partial charge in [0.05, 0.1) is 5.69 Å². The summed E-state index contributed by atoms with van der Waals surface area (Å²) >= 11 is 5.88. The summed E-state index contributed by atoms with van der Waals surface area (Å²) in [6.07, 6.45) is 2.53. The first-order valence-corrected chi connectivity index (χ1v) is 7.74. The van der Waals surface area contributed by atoms with E-state index in [0.29, 0.717) is 28.8 Å². The number of rotatable bonds is 5. The number of benzene rings is 1. The average molecular weight is 322 g/mol. The van der Waals surface area contributed by atoms with Crippen molar-refractivity contribution in [3.05, 3.63) is 41.2 Å². The first kappa shape index (κ1) is 15.2. The molecule has 0 saturated carbocycles. The molecule has 0 aliphatic carbocycles. The van der Waals surface area contributed by atoms with E-state index in [-0.39, 0.29) is 5.82 Å². The molecule has 3 rings (SSSR count). The molecule has 0 amide bonds. The number of nitrogens with zero attached hydrogens (tertiary/aromatic N) is 3. The highest BCUT2D eigenvalue weighted by Gasteiger charge is 2.11. The molecule has 1 aliphatic heterocycles. The van der Waals surface area contributed by atoms with E-state index in [1.165, 1.54) is 31.0 Å². The van der Waals surface area contributed by atoms with Crippen molar-refractivity contribution in [1.82, 2.24) is 15.1 Å². The maximum atomic E-state index is 13.8. The number of hydrogen-bond donors (Lipinski definition) is 0. The molecule has 0 N–H and O–H groups in total. The van der Waals surface area contributed by atoms with Gasteiger partial charge in [-0.3, -0.25) is 4.90 Å². The van der Waals surface area contributed by atoms with E-state index in [0.717, 1.165) is 19.6 Å². The Morgan fingerprint density at radius 2 is 1.95 bits per heavy atom. The smallest absolute Gasteiger partial charge is 0.233 e. The van der Waals surface area contributed by atoms with Crippen molar-refractivity contribution >= 4 is 11.6 Å². The minimum absolute atomic E-state index is 0.337. The van der Waals surface area contributed by atoms with Crippen molar-refractivity contribution in [2.75, 3.05) is 26.2 Å². The van der Waals surface area contributed by atoms with Crippen LogP contribution in [0.3, 0.4) is 0 Å². The molecule has 1 saturated heterocycles. The minimum Gasteiger partial charge on any atom is -0.475 e. The van der Waals surface area contributed by atoms with Crippen molar-refractivity contribution in [2.45, 2.75) is 12.8 Å². The molecule has 0 spiro atoms.